The van der Waals surface area contributed by atoms with Crippen LogP contribution in [0.5, 0.6) is 0 Å². The lowest BCUT2D eigenvalue weighted by Gasteiger charge is -2.30. The molecular weight excluding hydrogens is 275 g/mol. The Bertz CT molecular complexity index is 586. The van der Waals surface area contributed by atoms with Crippen molar-refractivity contribution in [2.45, 2.75) is 13.0 Å². The summed E-state index contributed by atoms with van der Waals surface area (Å²) in [6, 6.07) is 6.03. The maximum atomic E-state index is 13.2. The van der Waals surface area contributed by atoms with Crippen LogP contribution in [0, 0.1) is 5.82 Å². The molecule has 1 atom stereocenters. The summed E-state index contributed by atoms with van der Waals surface area (Å²) in [6.45, 7) is 2.54. The molecule has 0 unspecified atom stereocenters. The standard InChI is InChI=1S/C15H17FN2O3/c1-10(11-3-2-4-12(16)8-11)7-14(19)18-5-6-21-13(9-18)15(17)20/h2-4,7-8,13H,5-6,9H2,1H3,(H2,17,20)/b10-7+/t13-/m0/s1. The van der Waals surface area contributed by atoms with Gasteiger partial charge >= 0.3 is 0 Å². The Labute approximate surface area is 122 Å². The van der Waals surface area contributed by atoms with Gasteiger partial charge < -0.3 is 15.4 Å². The van der Waals surface area contributed by atoms with Crippen LogP contribution < -0.4 is 5.73 Å². The molecule has 1 heterocycles. The predicted octanol–water partition coefficient (Wildman–Crippen LogP) is 0.942. The summed E-state index contributed by atoms with van der Waals surface area (Å²) in [5.74, 6) is -1.18. The number of halogens is 1. The molecular formula is C15H17FN2O3. The third kappa shape index (κ3) is 3.88. The maximum Gasteiger partial charge on any atom is 0.248 e. The largest absolute Gasteiger partial charge is 0.367 e. The first-order chi connectivity index (χ1) is 9.97. The van der Waals surface area contributed by atoms with Gasteiger partial charge in [-0.25, -0.2) is 4.39 Å². The Hall–Kier alpha value is -2.21. The quantitative estimate of drug-likeness (QED) is 0.843. The van der Waals surface area contributed by atoms with Crippen LogP contribution in [0.2, 0.25) is 0 Å². The van der Waals surface area contributed by atoms with E-state index in [4.69, 9.17) is 10.5 Å². The summed E-state index contributed by atoms with van der Waals surface area (Å²) in [7, 11) is 0. The molecule has 5 nitrogen and oxygen atoms in total. The Morgan fingerprint density at radius 3 is 2.90 bits per heavy atom. The molecule has 0 aliphatic carbocycles. The Morgan fingerprint density at radius 1 is 1.48 bits per heavy atom. The molecule has 0 radical (unpaired) electrons. The Morgan fingerprint density at radius 2 is 2.24 bits per heavy atom. The number of primary amides is 1. The second-order valence-electron chi connectivity index (χ2n) is 4.88. The van der Waals surface area contributed by atoms with Crippen LogP contribution in [0.1, 0.15) is 12.5 Å². The van der Waals surface area contributed by atoms with Gasteiger partial charge in [0.15, 0.2) is 6.10 Å². The Kier molecular flexibility index (Phi) is 4.70. The van der Waals surface area contributed by atoms with E-state index < -0.39 is 12.0 Å². The molecule has 21 heavy (non-hydrogen) atoms. The van der Waals surface area contributed by atoms with Gasteiger partial charge in [-0.1, -0.05) is 12.1 Å². The third-order valence-electron chi connectivity index (χ3n) is 3.32. The summed E-state index contributed by atoms with van der Waals surface area (Å²) in [4.78, 5) is 24.8. The lowest BCUT2D eigenvalue weighted by molar-refractivity contribution is -0.142. The van der Waals surface area contributed by atoms with Crippen molar-refractivity contribution in [1.29, 1.82) is 0 Å². The number of carbonyl (C=O) groups excluding carboxylic acids is 2. The fourth-order valence-corrected chi connectivity index (χ4v) is 2.12. The molecule has 0 spiro atoms. The molecule has 0 bridgehead atoms. The number of amides is 2. The van der Waals surface area contributed by atoms with Crippen molar-refractivity contribution in [2.75, 3.05) is 19.7 Å². The first-order valence-electron chi connectivity index (χ1n) is 6.61. The van der Waals surface area contributed by atoms with E-state index in [2.05, 4.69) is 0 Å². The number of hydrogen-bond acceptors (Lipinski definition) is 3. The van der Waals surface area contributed by atoms with Crippen LogP contribution in [-0.2, 0) is 14.3 Å². The predicted molar refractivity (Wildman–Crippen MR) is 75.6 cm³/mol. The van der Waals surface area contributed by atoms with Crippen molar-refractivity contribution < 1.29 is 18.7 Å². The zero-order chi connectivity index (χ0) is 15.4. The SMILES string of the molecule is C/C(=C\C(=O)N1CCO[C@H](C(N)=O)C1)c1cccc(F)c1. The third-order valence-corrected chi connectivity index (χ3v) is 3.32. The highest BCUT2D eigenvalue weighted by molar-refractivity contribution is 5.95. The number of morpholine rings is 1. The highest BCUT2D eigenvalue weighted by Gasteiger charge is 2.26. The average molecular weight is 292 g/mol. The molecule has 2 amide bonds. The van der Waals surface area contributed by atoms with E-state index in [1.165, 1.54) is 23.1 Å². The van der Waals surface area contributed by atoms with Gasteiger partial charge in [0.1, 0.15) is 5.82 Å². The lowest BCUT2D eigenvalue weighted by atomic mass is 10.1. The molecule has 0 aromatic heterocycles. The number of nitrogens with two attached hydrogens (primary N) is 1. The summed E-state index contributed by atoms with van der Waals surface area (Å²) in [5.41, 5.74) is 6.48. The van der Waals surface area contributed by atoms with Gasteiger partial charge in [0.2, 0.25) is 11.8 Å². The Balaban J connectivity index is 2.09. The molecule has 1 aromatic rings. The fourth-order valence-electron chi connectivity index (χ4n) is 2.12. The van der Waals surface area contributed by atoms with E-state index in [0.29, 0.717) is 17.7 Å². The highest BCUT2D eigenvalue weighted by Crippen LogP contribution is 2.16. The fraction of sp³-hybridized carbons (Fsp3) is 0.333. The molecule has 1 aliphatic rings. The van der Waals surface area contributed by atoms with Gasteiger partial charge in [0, 0.05) is 12.6 Å². The van der Waals surface area contributed by atoms with E-state index in [9.17, 15) is 14.0 Å². The van der Waals surface area contributed by atoms with Crippen LogP contribution in [0.3, 0.4) is 0 Å². The molecule has 6 heteroatoms. The minimum absolute atomic E-state index is 0.140. The van der Waals surface area contributed by atoms with Gasteiger partial charge in [0.05, 0.1) is 13.2 Å². The minimum atomic E-state index is -0.773. The molecule has 2 N–H and O–H groups in total. The number of ether oxygens (including phenoxy) is 1. The van der Waals surface area contributed by atoms with Gasteiger partial charge in [0.25, 0.3) is 0 Å². The number of rotatable bonds is 3. The summed E-state index contributed by atoms with van der Waals surface area (Å²) in [5, 5.41) is 0. The molecule has 1 saturated heterocycles. The molecule has 0 saturated carbocycles. The number of carbonyl (C=O) groups is 2. The normalized spacial score (nSPS) is 19.4. The van der Waals surface area contributed by atoms with E-state index in [0.717, 1.165) is 0 Å². The molecule has 1 aromatic carbocycles. The minimum Gasteiger partial charge on any atom is -0.367 e. The van der Waals surface area contributed by atoms with Crippen LogP contribution in [0.15, 0.2) is 30.3 Å². The maximum absolute atomic E-state index is 13.2. The van der Waals surface area contributed by atoms with E-state index in [-0.39, 0.29) is 24.9 Å². The van der Waals surface area contributed by atoms with Gasteiger partial charge in [-0.15, -0.1) is 0 Å². The number of hydrogen-bond donors (Lipinski definition) is 1. The average Bonchev–Trinajstić information content (AvgIpc) is 2.47. The van der Waals surface area contributed by atoms with Gasteiger partial charge in [-0.3, -0.25) is 9.59 Å². The van der Waals surface area contributed by atoms with Crippen molar-refractivity contribution >= 4 is 17.4 Å². The van der Waals surface area contributed by atoms with Crippen molar-refractivity contribution in [2.24, 2.45) is 5.73 Å². The number of allylic oxidation sites excluding steroid dienone is 1. The number of nitrogens with zero attached hydrogens (tertiary/aromatic N) is 1. The van der Waals surface area contributed by atoms with Gasteiger partial charge in [-0.2, -0.15) is 0 Å². The second-order valence-corrected chi connectivity index (χ2v) is 4.88. The smallest absolute Gasteiger partial charge is 0.248 e. The van der Waals surface area contributed by atoms with E-state index in [1.807, 2.05) is 0 Å². The van der Waals surface area contributed by atoms with E-state index in [1.54, 1.807) is 19.1 Å². The topological polar surface area (TPSA) is 72.6 Å². The van der Waals surface area contributed by atoms with Crippen LogP contribution in [0.4, 0.5) is 4.39 Å². The van der Waals surface area contributed by atoms with Crippen LogP contribution >= 0.6 is 0 Å². The molecule has 1 aliphatic heterocycles. The van der Waals surface area contributed by atoms with Crippen molar-refractivity contribution in [1.82, 2.24) is 4.90 Å². The molecule has 1 fully saturated rings. The number of benzene rings is 1. The van der Waals surface area contributed by atoms with Crippen molar-refractivity contribution in [3.63, 3.8) is 0 Å². The summed E-state index contributed by atoms with van der Waals surface area (Å²) in [6.07, 6.45) is 0.656. The zero-order valence-electron chi connectivity index (χ0n) is 11.7. The van der Waals surface area contributed by atoms with E-state index >= 15 is 0 Å². The molecule has 2 rings (SSSR count). The zero-order valence-corrected chi connectivity index (χ0v) is 11.7. The van der Waals surface area contributed by atoms with Crippen LogP contribution in [0.25, 0.3) is 5.57 Å². The lowest BCUT2D eigenvalue weighted by Crippen LogP contribution is -2.50. The van der Waals surface area contributed by atoms with Gasteiger partial charge in [-0.05, 0) is 30.2 Å². The first-order valence-corrected chi connectivity index (χ1v) is 6.61. The summed E-state index contributed by atoms with van der Waals surface area (Å²) >= 11 is 0. The first kappa shape index (κ1) is 15.2. The van der Waals surface area contributed by atoms with Crippen LogP contribution in [-0.4, -0.2) is 42.5 Å². The monoisotopic (exact) mass is 292 g/mol. The van der Waals surface area contributed by atoms with Crippen molar-refractivity contribution in [3.05, 3.63) is 41.7 Å². The second kappa shape index (κ2) is 6.49. The van der Waals surface area contributed by atoms with Crippen molar-refractivity contribution in [3.8, 4) is 0 Å². The summed E-state index contributed by atoms with van der Waals surface area (Å²) < 4.78 is 18.4. The highest BCUT2D eigenvalue weighted by atomic mass is 19.1. The molecule has 112 valence electrons.